The van der Waals surface area contributed by atoms with E-state index < -0.39 is 36.8 Å². The van der Waals surface area contributed by atoms with Crippen LogP contribution in [0.25, 0.3) is 0 Å². The Hall–Kier alpha value is -4.86. The van der Waals surface area contributed by atoms with Crippen LogP contribution in [-0.4, -0.2) is 120 Å². The molecule has 1 unspecified atom stereocenters. The topological polar surface area (TPSA) is 169 Å². The molecule has 3 saturated heterocycles. The summed E-state index contributed by atoms with van der Waals surface area (Å²) in [6.45, 7) is 9.50. The monoisotopic (exact) mass is 917 g/mol. The first kappa shape index (κ1) is 41.9. The fourth-order valence-corrected chi connectivity index (χ4v) is 10.2. The van der Waals surface area contributed by atoms with E-state index in [1.165, 1.54) is 6.20 Å². The van der Waals surface area contributed by atoms with Crippen LogP contribution in [0.5, 0.6) is 5.75 Å². The summed E-state index contributed by atoms with van der Waals surface area (Å²) in [4.78, 5) is 68.2. The Morgan fingerprint density at radius 1 is 0.900 bits per heavy atom. The molecule has 4 amide bonds. The number of aromatic nitrogens is 2. The number of halogens is 2. The van der Waals surface area contributed by atoms with Gasteiger partial charge >= 0.3 is 0 Å². The van der Waals surface area contributed by atoms with Crippen molar-refractivity contribution in [2.45, 2.75) is 44.3 Å². The van der Waals surface area contributed by atoms with Crippen LogP contribution in [0.4, 0.5) is 28.8 Å². The van der Waals surface area contributed by atoms with Gasteiger partial charge in [-0.1, -0.05) is 39.7 Å². The van der Waals surface area contributed by atoms with Gasteiger partial charge < -0.3 is 24.8 Å². The minimum atomic E-state index is -2.56. The van der Waals surface area contributed by atoms with Gasteiger partial charge in [0.1, 0.15) is 24.0 Å². The number of likely N-dealkylation sites (tertiary alicyclic amines) is 1. The smallest absolute Gasteiger partial charge is 0.262 e. The Morgan fingerprint density at radius 2 is 1.62 bits per heavy atom. The van der Waals surface area contributed by atoms with Crippen LogP contribution in [0.1, 0.15) is 52.0 Å². The van der Waals surface area contributed by atoms with E-state index in [-0.39, 0.29) is 18.4 Å². The number of amides is 4. The first-order valence-corrected chi connectivity index (χ1v) is 23.7. The molecule has 18 heteroatoms. The second-order valence-corrected chi connectivity index (χ2v) is 20.3. The fourth-order valence-electron chi connectivity index (χ4n) is 8.48. The van der Waals surface area contributed by atoms with E-state index in [2.05, 4.69) is 62.6 Å². The second-order valence-electron chi connectivity index (χ2n) is 15.9. The maximum absolute atomic E-state index is 13.4. The second kappa shape index (κ2) is 17.3. The van der Waals surface area contributed by atoms with Crippen molar-refractivity contribution in [2.75, 3.05) is 75.2 Å². The zero-order valence-corrected chi connectivity index (χ0v) is 36.8. The molecule has 60 heavy (non-hydrogen) atoms. The van der Waals surface area contributed by atoms with E-state index in [1.54, 1.807) is 32.6 Å². The Balaban J connectivity index is 0.844. The first-order valence-electron chi connectivity index (χ1n) is 19.9. The van der Waals surface area contributed by atoms with Crippen molar-refractivity contribution in [3.63, 3.8) is 0 Å². The van der Waals surface area contributed by atoms with Crippen molar-refractivity contribution < 1.29 is 28.5 Å². The first-order chi connectivity index (χ1) is 28.8. The summed E-state index contributed by atoms with van der Waals surface area (Å²) in [5.74, 6) is -0.660. The molecule has 4 aromatic rings. The molecule has 3 N–H and O–H groups in total. The summed E-state index contributed by atoms with van der Waals surface area (Å²) >= 11 is 10.1. The third kappa shape index (κ3) is 8.66. The summed E-state index contributed by atoms with van der Waals surface area (Å²) < 4.78 is 19.5. The van der Waals surface area contributed by atoms with Crippen LogP contribution in [0.3, 0.4) is 0 Å². The molecule has 1 aromatic heterocycles. The number of benzene rings is 3. The summed E-state index contributed by atoms with van der Waals surface area (Å²) in [5.41, 5.74) is 3.91. The van der Waals surface area contributed by atoms with E-state index in [9.17, 15) is 23.7 Å². The zero-order chi connectivity index (χ0) is 42.3. The average Bonchev–Trinajstić information content (AvgIpc) is 3.46. The molecule has 3 aromatic carbocycles. The summed E-state index contributed by atoms with van der Waals surface area (Å²) in [6, 6.07) is 16.4. The molecule has 4 aliphatic heterocycles. The number of para-hydroxylation sites is 1. The molecule has 1 atom stereocenters. The van der Waals surface area contributed by atoms with Crippen LogP contribution < -0.4 is 30.9 Å². The van der Waals surface area contributed by atoms with Gasteiger partial charge in [-0.05, 0) is 87.6 Å². The number of hydrogen-bond donors (Lipinski definition) is 3. The van der Waals surface area contributed by atoms with Gasteiger partial charge in [-0.25, -0.2) is 4.98 Å². The number of anilines is 5. The van der Waals surface area contributed by atoms with Gasteiger partial charge in [-0.3, -0.25) is 39.2 Å². The number of nitrogens with one attached hydrogen (secondary N) is 3. The highest BCUT2D eigenvalue weighted by molar-refractivity contribution is 9.10. The molecule has 5 heterocycles. The van der Waals surface area contributed by atoms with Gasteiger partial charge in [0.15, 0.2) is 5.82 Å². The van der Waals surface area contributed by atoms with Crippen molar-refractivity contribution in [1.29, 1.82) is 0 Å². The SMILES string of the molecule is COc1cc(N2CCN(C3CCN(Cc4cc5c(cc4Br)C(=O)N(C4CCC(=O)NC4=O)C5=O)CC3)CC2)ccc1Nc1ncc(Cl)c(Nc2ccccc2P(C)(C)=O)n1. The number of nitrogens with zero attached hydrogens (tertiary/aromatic N) is 6. The maximum Gasteiger partial charge on any atom is 0.262 e. The highest BCUT2D eigenvalue weighted by atomic mass is 79.9. The van der Waals surface area contributed by atoms with Crippen LogP contribution in [0, 0.1) is 0 Å². The number of carbonyl (C=O) groups excluding carboxylic acids is 4. The highest BCUT2D eigenvalue weighted by Gasteiger charge is 2.45. The zero-order valence-electron chi connectivity index (χ0n) is 33.5. The van der Waals surface area contributed by atoms with Crippen molar-refractivity contribution in [2.24, 2.45) is 0 Å². The molecule has 0 bridgehead atoms. The van der Waals surface area contributed by atoms with Crippen LogP contribution in [-0.2, 0) is 20.7 Å². The molecule has 0 spiro atoms. The molecular formula is C42H46BrClN9O6P. The normalized spacial score (nSPS) is 19.4. The number of imide groups is 2. The van der Waals surface area contributed by atoms with Gasteiger partial charge in [-0.15, -0.1) is 0 Å². The number of rotatable bonds is 11. The number of fused-ring (bicyclic) bond motifs is 1. The van der Waals surface area contributed by atoms with Crippen molar-refractivity contribution >= 4 is 92.4 Å². The van der Waals surface area contributed by atoms with Crippen LogP contribution >= 0.6 is 34.7 Å². The van der Waals surface area contributed by atoms with Crippen molar-refractivity contribution in [1.82, 2.24) is 30.0 Å². The third-order valence-electron chi connectivity index (χ3n) is 11.7. The molecule has 8 rings (SSSR count). The number of carbonyl (C=O) groups is 4. The molecule has 0 saturated carbocycles. The molecule has 314 valence electrons. The summed E-state index contributed by atoms with van der Waals surface area (Å²) in [7, 11) is -0.925. The molecular weight excluding hydrogens is 873 g/mol. The van der Waals surface area contributed by atoms with Gasteiger partial charge in [-0.2, -0.15) is 4.98 Å². The standard InChI is InChI=1S/C42H46BrClN9O6P/c1-59-35-21-27(8-9-32(35)47-42-45-23-31(44)38(49-42)46-33-6-4-5-7-36(33)60(2,3)58)52-18-16-51(17-19-52)26-12-14-50(15-13-26)24-25-20-28-29(22-30(25)43)41(57)53(40(28)56)34-10-11-37(54)48-39(34)55/h4-9,20-23,26,34H,10-19,24H2,1-3H3,(H,48,54,55)(H2,45,46,47,49). The van der Waals surface area contributed by atoms with Gasteiger partial charge in [0.05, 0.1) is 35.8 Å². The fraction of sp³-hybridized carbons (Fsp3) is 0.381. The third-order valence-corrected chi connectivity index (χ3v) is 14.2. The Morgan fingerprint density at radius 3 is 2.32 bits per heavy atom. The van der Waals surface area contributed by atoms with Gasteiger partial charge in [0.2, 0.25) is 17.8 Å². The largest absolute Gasteiger partial charge is 0.494 e. The summed E-state index contributed by atoms with van der Waals surface area (Å²) in [6.07, 6.45) is 3.76. The van der Waals surface area contributed by atoms with E-state index in [4.69, 9.17) is 16.3 Å². The Bertz CT molecular complexity index is 2420. The predicted molar refractivity (Wildman–Crippen MR) is 235 cm³/mol. The van der Waals surface area contributed by atoms with Crippen LogP contribution in [0.2, 0.25) is 5.02 Å². The van der Waals surface area contributed by atoms with E-state index >= 15 is 0 Å². The lowest BCUT2D eigenvalue weighted by atomic mass is 10.0. The number of ether oxygens (including phenoxy) is 1. The predicted octanol–water partition coefficient (Wildman–Crippen LogP) is 5.82. The minimum Gasteiger partial charge on any atom is -0.494 e. The molecule has 0 aliphatic carbocycles. The lowest BCUT2D eigenvalue weighted by Crippen LogP contribution is -2.54. The number of hydrogen-bond acceptors (Lipinski definition) is 13. The highest BCUT2D eigenvalue weighted by Crippen LogP contribution is 2.39. The Kier molecular flexibility index (Phi) is 12.0. The molecule has 3 fully saturated rings. The number of piperazine rings is 1. The average molecular weight is 919 g/mol. The van der Waals surface area contributed by atoms with E-state index in [1.807, 2.05) is 36.4 Å². The van der Waals surface area contributed by atoms with Crippen molar-refractivity contribution in [3.8, 4) is 5.75 Å². The number of methoxy groups -OCH3 is 1. The van der Waals surface area contributed by atoms with Crippen molar-refractivity contribution in [3.05, 3.63) is 87.0 Å². The minimum absolute atomic E-state index is 0.0814. The lowest BCUT2D eigenvalue weighted by Gasteiger charge is -2.43. The van der Waals surface area contributed by atoms with Gasteiger partial charge in [0.25, 0.3) is 11.8 Å². The Labute approximate surface area is 361 Å². The quantitative estimate of drug-likeness (QED) is 0.122. The number of piperidine rings is 2. The lowest BCUT2D eigenvalue weighted by molar-refractivity contribution is -0.136. The molecule has 4 aliphatic rings. The van der Waals surface area contributed by atoms with Gasteiger partial charge in [0, 0.05) is 66.7 Å². The molecule has 15 nitrogen and oxygen atoms in total. The van der Waals surface area contributed by atoms with E-state index in [0.717, 1.165) is 72.7 Å². The molecule has 0 radical (unpaired) electrons. The maximum atomic E-state index is 13.4. The van der Waals surface area contributed by atoms with E-state index in [0.29, 0.717) is 57.4 Å². The summed E-state index contributed by atoms with van der Waals surface area (Å²) in [5, 5.41) is 9.79. The van der Waals surface area contributed by atoms with Crippen LogP contribution in [0.15, 0.2) is 65.3 Å².